The van der Waals surface area contributed by atoms with Crippen molar-refractivity contribution in [3.05, 3.63) is 51.3 Å². The van der Waals surface area contributed by atoms with Gasteiger partial charge in [0.15, 0.2) is 11.5 Å². The molecule has 0 radical (unpaired) electrons. The third-order valence-electron chi connectivity index (χ3n) is 2.94. The topological polar surface area (TPSA) is 47.6 Å². The molecule has 0 heterocycles. The molecule has 0 fully saturated rings. The molecule has 1 N–H and O–H groups in total. The molecule has 0 saturated carbocycles. The highest BCUT2D eigenvalue weighted by Crippen LogP contribution is 2.34. The average molecular weight is 429 g/mol. The third-order valence-corrected chi connectivity index (χ3v) is 3.74. The normalized spacial score (nSPS) is 10.3. The van der Waals surface area contributed by atoms with E-state index in [9.17, 15) is 9.18 Å². The molecule has 6 heteroatoms. The van der Waals surface area contributed by atoms with Gasteiger partial charge in [0.05, 0.1) is 16.8 Å². The number of hydrogen-bond donors (Lipinski definition) is 1. The minimum Gasteiger partial charge on any atom is -0.490 e. The number of hydrogen-bond acceptors (Lipinski definition) is 3. The molecule has 0 aliphatic carbocycles. The van der Waals surface area contributed by atoms with Gasteiger partial charge >= 0.3 is 0 Å². The van der Waals surface area contributed by atoms with E-state index in [1.54, 1.807) is 24.3 Å². The lowest BCUT2D eigenvalue weighted by Crippen LogP contribution is -2.13. The zero-order valence-corrected chi connectivity index (χ0v) is 15.0. The van der Waals surface area contributed by atoms with Crippen LogP contribution >= 0.6 is 22.6 Å². The van der Waals surface area contributed by atoms with Gasteiger partial charge in [-0.3, -0.25) is 4.79 Å². The monoisotopic (exact) mass is 429 g/mol. The van der Waals surface area contributed by atoms with Crippen LogP contribution in [-0.2, 0) is 0 Å². The third kappa shape index (κ3) is 4.57. The van der Waals surface area contributed by atoms with Gasteiger partial charge in [0, 0.05) is 11.3 Å². The molecule has 0 bridgehead atoms. The number of carbonyl (C=O) groups excluding carboxylic acids is 1. The van der Waals surface area contributed by atoms with Gasteiger partial charge in [0.25, 0.3) is 5.91 Å². The first-order valence-corrected chi connectivity index (χ1v) is 8.29. The Morgan fingerprint density at radius 3 is 2.57 bits per heavy atom. The van der Waals surface area contributed by atoms with Gasteiger partial charge in [0.2, 0.25) is 0 Å². The highest BCUT2D eigenvalue weighted by molar-refractivity contribution is 14.1. The summed E-state index contributed by atoms with van der Waals surface area (Å²) in [5.41, 5.74) is 0.822. The second-order valence-electron chi connectivity index (χ2n) is 4.62. The molecule has 2 aromatic rings. The average Bonchev–Trinajstić information content (AvgIpc) is 2.50. The van der Waals surface area contributed by atoms with Crippen molar-refractivity contribution in [1.82, 2.24) is 0 Å². The molecule has 1 amide bonds. The van der Waals surface area contributed by atoms with Crippen molar-refractivity contribution < 1.29 is 18.7 Å². The van der Waals surface area contributed by atoms with Crippen LogP contribution in [0.2, 0.25) is 0 Å². The van der Waals surface area contributed by atoms with Crippen LogP contribution in [0.1, 0.15) is 24.2 Å². The zero-order chi connectivity index (χ0) is 16.8. The van der Waals surface area contributed by atoms with Gasteiger partial charge in [-0.25, -0.2) is 4.39 Å². The molecule has 2 aromatic carbocycles. The number of anilines is 1. The van der Waals surface area contributed by atoms with E-state index in [1.165, 1.54) is 12.1 Å². The standard InChI is InChI=1S/C17H17FINO3/c1-3-22-15-9-11(8-14(19)16(15)23-4-2)17(21)20-13-7-5-6-12(18)10-13/h5-10H,3-4H2,1-2H3,(H,20,21). The Kier molecular flexibility index (Phi) is 6.20. The van der Waals surface area contributed by atoms with Gasteiger partial charge in [0.1, 0.15) is 5.82 Å². The number of ether oxygens (including phenoxy) is 2. The summed E-state index contributed by atoms with van der Waals surface area (Å²) in [5.74, 6) is 0.402. The summed E-state index contributed by atoms with van der Waals surface area (Å²) in [4.78, 5) is 12.4. The number of rotatable bonds is 6. The van der Waals surface area contributed by atoms with Crippen LogP contribution in [0.5, 0.6) is 11.5 Å². The number of halogens is 2. The van der Waals surface area contributed by atoms with Crippen LogP contribution in [0.15, 0.2) is 36.4 Å². The van der Waals surface area contributed by atoms with E-state index in [2.05, 4.69) is 27.9 Å². The summed E-state index contributed by atoms with van der Waals surface area (Å²) in [5, 5.41) is 2.67. The molecular formula is C17H17FINO3. The van der Waals surface area contributed by atoms with Gasteiger partial charge in [-0.1, -0.05) is 6.07 Å². The molecule has 0 unspecified atom stereocenters. The number of carbonyl (C=O) groups is 1. The van der Waals surface area contributed by atoms with Crippen LogP contribution in [-0.4, -0.2) is 19.1 Å². The first-order chi connectivity index (χ1) is 11.0. The Balaban J connectivity index is 2.29. The van der Waals surface area contributed by atoms with Crippen molar-refractivity contribution in [3.63, 3.8) is 0 Å². The number of nitrogens with one attached hydrogen (secondary N) is 1. The quantitative estimate of drug-likeness (QED) is 0.689. The van der Waals surface area contributed by atoms with E-state index in [0.29, 0.717) is 36.0 Å². The maximum absolute atomic E-state index is 13.2. The van der Waals surface area contributed by atoms with E-state index in [4.69, 9.17) is 9.47 Å². The van der Waals surface area contributed by atoms with Gasteiger partial charge in [-0.2, -0.15) is 0 Å². The maximum Gasteiger partial charge on any atom is 0.255 e. The van der Waals surface area contributed by atoms with Gasteiger partial charge in [-0.15, -0.1) is 0 Å². The SMILES string of the molecule is CCOc1cc(C(=O)Nc2cccc(F)c2)cc(I)c1OCC. The summed E-state index contributed by atoms with van der Waals surface area (Å²) in [7, 11) is 0. The van der Waals surface area contributed by atoms with Crippen LogP contribution < -0.4 is 14.8 Å². The Morgan fingerprint density at radius 1 is 1.17 bits per heavy atom. The molecule has 0 aromatic heterocycles. The lowest BCUT2D eigenvalue weighted by molar-refractivity contribution is 0.102. The fraction of sp³-hybridized carbons (Fsp3) is 0.235. The van der Waals surface area contributed by atoms with Crippen molar-refractivity contribution in [2.45, 2.75) is 13.8 Å². The van der Waals surface area contributed by atoms with Crippen molar-refractivity contribution in [2.75, 3.05) is 18.5 Å². The fourth-order valence-corrected chi connectivity index (χ4v) is 2.77. The van der Waals surface area contributed by atoms with Crippen molar-refractivity contribution in [1.29, 1.82) is 0 Å². The molecule has 0 saturated heterocycles. The minimum atomic E-state index is -0.404. The highest BCUT2D eigenvalue weighted by Gasteiger charge is 2.16. The molecule has 2 rings (SSSR count). The fourth-order valence-electron chi connectivity index (χ4n) is 2.02. The van der Waals surface area contributed by atoms with Crippen LogP contribution in [0.3, 0.4) is 0 Å². The molecule has 4 nitrogen and oxygen atoms in total. The molecule has 0 aliphatic heterocycles. The maximum atomic E-state index is 13.2. The van der Waals surface area contributed by atoms with Gasteiger partial charge < -0.3 is 14.8 Å². The lowest BCUT2D eigenvalue weighted by Gasteiger charge is -2.14. The predicted octanol–water partition coefficient (Wildman–Crippen LogP) is 4.48. The first kappa shape index (κ1) is 17.5. The summed E-state index contributed by atoms with van der Waals surface area (Å²) in [6, 6.07) is 9.10. The van der Waals surface area contributed by atoms with E-state index in [-0.39, 0.29) is 5.91 Å². The van der Waals surface area contributed by atoms with Crippen molar-refractivity contribution in [3.8, 4) is 11.5 Å². The molecule has 23 heavy (non-hydrogen) atoms. The van der Waals surface area contributed by atoms with Crippen LogP contribution in [0, 0.1) is 9.39 Å². The van der Waals surface area contributed by atoms with Crippen molar-refractivity contribution >= 4 is 34.2 Å². The van der Waals surface area contributed by atoms with E-state index in [1.807, 2.05) is 13.8 Å². The number of benzene rings is 2. The predicted molar refractivity (Wildman–Crippen MR) is 95.9 cm³/mol. The summed E-state index contributed by atoms with van der Waals surface area (Å²) < 4.78 is 25.1. The van der Waals surface area contributed by atoms with E-state index in [0.717, 1.165) is 3.57 Å². The zero-order valence-electron chi connectivity index (χ0n) is 12.9. The Bertz CT molecular complexity index is 706. The Morgan fingerprint density at radius 2 is 1.91 bits per heavy atom. The molecule has 122 valence electrons. The molecule has 0 spiro atoms. The van der Waals surface area contributed by atoms with E-state index >= 15 is 0 Å². The summed E-state index contributed by atoms with van der Waals surface area (Å²) >= 11 is 2.10. The molecular weight excluding hydrogens is 412 g/mol. The molecule has 0 aliphatic rings. The molecule has 0 atom stereocenters. The van der Waals surface area contributed by atoms with Gasteiger partial charge in [-0.05, 0) is 66.8 Å². The minimum absolute atomic E-state index is 0.336. The Labute approximate surface area is 148 Å². The lowest BCUT2D eigenvalue weighted by atomic mass is 10.1. The Hall–Kier alpha value is -1.83. The first-order valence-electron chi connectivity index (χ1n) is 7.21. The van der Waals surface area contributed by atoms with E-state index < -0.39 is 5.82 Å². The number of amides is 1. The smallest absolute Gasteiger partial charge is 0.255 e. The van der Waals surface area contributed by atoms with Crippen LogP contribution in [0.4, 0.5) is 10.1 Å². The summed E-state index contributed by atoms with van der Waals surface area (Å²) in [6.45, 7) is 4.72. The largest absolute Gasteiger partial charge is 0.490 e. The second-order valence-corrected chi connectivity index (χ2v) is 5.78. The second kappa shape index (κ2) is 8.14. The highest BCUT2D eigenvalue weighted by atomic mass is 127. The van der Waals surface area contributed by atoms with Crippen LogP contribution in [0.25, 0.3) is 0 Å². The van der Waals surface area contributed by atoms with Crippen molar-refractivity contribution in [2.24, 2.45) is 0 Å². The summed E-state index contributed by atoms with van der Waals surface area (Å²) in [6.07, 6.45) is 0.